The first-order valence-corrected chi connectivity index (χ1v) is 4.84. The van der Waals surface area contributed by atoms with Crippen LogP contribution in [0.5, 0.6) is 0 Å². The molecule has 1 heterocycles. The molecule has 6 heteroatoms. The lowest BCUT2D eigenvalue weighted by atomic mass is 10.4. The van der Waals surface area contributed by atoms with Gasteiger partial charge in [-0.2, -0.15) is 0 Å². The molecule has 16 heavy (non-hydrogen) atoms. The topological polar surface area (TPSA) is 72.5 Å². The number of rotatable bonds is 6. The summed E-state index contributed by atoms with van der Waals surface area (Å²) in [7, 11) is 1.59. The van der Waals surface area contributed by atoms with Crippen LogP contribution < -0.4 is 10.6 Å². The highest BCUT2D eigenvalue weighted by Crippen LogP contribution is 2.01. The van der Waals surface area contributed by atoms with Gasteiger partial charge in [0.1, 0.15) is 6.73 Å². The number of pyridine rings is 1. The summed E-state index contributed by atoms with van der Waals surface area (Å²) in [5.41, 5.74) is 0.636. The van der Waals surface area contributed by atoms with Gasteiger partial charge in [0.25, 0.3) is 0 Å². The maximum atomic E-state index is 11.3. The van der Waals surface area contributed by atoms with Crippen LogP contribution in [0.2, 0.25) is 0 Å². The van der Waals surface area contributed by atoms with Crippen molar-refractivity contribution in [3.05, 3.63) is 24.5 Å². The monoisotopic (exact) mass is 225 g/mol. The standard InChI is InChI=1S/C10H15N3O3/c1-15-5-6-16-8-12-10(14)13-9-3-2-4-11-7-9/h2-4,7H,5-6,8H2,1H3,(H2,12,13,14). The summed E-state index contributed by atoms with van der Waals surface area (Å²) in [6, 6.07) is 3.16. The molecule has 0 aliphatic rings. The molecule has 2 N–H and O–H groups in total. The third kappa shape index (κ3) is 5.28. The number of hydrogen-bond acceptors (Lipinski definition) is 4. The molecular formula is C10H15N3O3. The van der Waals surface area contributed by atoms with E-state index in [0.29, 0.717) is 18.9 Å². The molecule has 0 saturated carbocycles. The van der Waals surface area contributed by atoms with Gasteiger partial charge in [0.15, 0.2) is 0 Å². The fourth-order valence-corrected chi connectivity index (χ4v) is 0.943. The van der Waals surface area contributed by atoms with E-state index in [-0.39, 0.29) is 12.8 Å². The Balaban J connectivity index is 2.12. The second kappa shape index (κ2) is 7.61. The Morgan fingerprint density at radius 3 is 3.06 bits per heavy atom. The maximum absolute atomic E-state index is 11.3. The minimum Gasteiger partial charge on any atom is -0.382 e. The van der Waals surface area contributed by atoms with Crippen molar-refractivity contribution in [1.29, 1.82) is 0 Å². The van der Waals surface area contributed by atoms with Crippen molar-refractivity contribution in [2.24, 2.45) is 0 Å². The number of carbonyl (C=O) groups is 1. The zero-order chi connectivity index (χ0) is 11.6. The second-order valence-electron chi connectivity index (χ2n) is 2.92. The number of hydrogen-bond donors (Lipinski definition) is 2. The molecule has 0 atom stereocenters. The van der Waals surface area contributed by atoms with Crippen LogP contribution in [0.3, 0.4) is 0 Å². The molecule has 0 bridgehead atoms. The molecule has 1 aromatic heterocycles. The molecule has 1 rings (SSSR count). The van der Waals surface area contributed by atoms with Crippen LogP contribution in [-0.4, -0.2) is 38.1 Å². The Hall–Kier alpha value is -1.66. The van der Waals surface area contributed by atoms with Gasteiger partial charge in [-0.15, -0.1) is 0 Å². The van der Waals surface area contributed by atoms with Gasteiger partial charge >= 0.3 is 6.03 Å². The number of nitrogens with zero attached hydrogens (tertiary/aromatic N) is 1. The van der Waals surface area contributed by atoms with Crippen molar-refractivity contribution in [1.82, 2.24) is 10.3 Å². The Bertz CT molecular complexity index is 305. The molecular weight excluding hydrogens is 210 g/mol. The summed E-state index contributed by atoms with van der Waals surface area (Å²) >= 11 is 0. The van der Waals surface area contributed by atoms with Crippen LogP contribution in [0.4, 0.5) is 10.5 Å². The average Bonchev–Trinajstić information content (AvgIpc) is 2.30. The largest absolute Gasteiger partial charge is 0.382 e. The normalized spacial score (nSPS) is 9.81. The summed E-state index contributed by atoms with van der Waals surface area (Å²) in [5.74, 6) is 0. The fraction of sp³-hybridized carbons (Fsp3) is 0.400. The van der Waals surface area contributed by atoms with Gasteiger partial charge in [-0.25, -0.2) is 4.79 Å². The van der Waals surface area contributed by atoms with Crippen molar-refractivity contribution in [2.45, 2.75) is 0 Å². The van der Waals surface area contributed by atoms with Gasteiger partial charge in [-0.05, 0) is 12.1 Å². The number of aromatic nitrogens is 1. The molecule has 0 radical (unpaired) electrons. The highest BCUT2D eigenvalue weighted by molar-refractivity contribution is 5.88. The number of anilines is 1. The van der Waals surface area contributed by atoms with Crippen molar-refractivity contribution >= 4 is 11.7 Å². The quantitative estimate of drug-likeness (QED) is 0.555. The van der Waals surface area contributed by atoms with Gasteiger partial charge in [0, 0.05) is 13.3 Å². The van der Waals surface area contributed by atoms with Crippen molar-refractivity contribution in [3.63, 3.8) is 0 Å². The number of ether oxygens (including phenoxy) is 2. The SMILES string of the molecule is COCCOCNC(=O)Nc1cccnc1. The third-order valence-corrected chi connectivity index (χ3v) is 1.69. The number of carbonyl (C=O) groups excluding carboxylic acids is 1. The van der Waals surface area contributed by atoms with E-state index in [0.717, 1.165) is 0 Å². The second-order valence-corrected chi connectivity index (χ2v) is 2.92. The van der Waals surface area contributed by atoms with E-state index < -0.39 is 0 Å². The first-order valence-electron chi connectivity index (χ1n) is 4.84. The zero-order valence-electron chi connectivity index (χ0n) is 9.10. The lowest BCUT2D eigenvalue weighted by Crippen LogP contribution is -2.31. The van der Waals surface area contributed by atoms with Crippen LogP contribution >= 0.6 is 0 Å². The van der Waals surface area contributed by atoms with E-state index in [1.165, 1.54) is 0 Å². The third-order valence-electron chi connectivity index (χ3n) is 1.69. The number of nitrogens with one attached hydrogen (secondary N) is 2. The van der Waals surface area contributed by atoms with E-state index >= 15 is 0 Å². The minimum absolute atomic E-state index is 0.148. The summed E-state index contributed by atoms with van der Waals surface area (Å²) in [6.45, 7) is 1.10. The highest BCUT2D eigenvalue weighted by Gasteiger charge is 1.99. The van der Waals surface area contributed by atoms with E-state index in [2.05, 4.69) is 15.6 Å². The lowest BCUT2D eigenvalue weighted by Gasteiger charge is -2.07. The smallest absolute Gasteiger partial charge is 0.321 e. The predicted octanol–water partition coefficient (Wildman–Crippen LogP) is 0.824. The Morgan fingerprint density at radius 2 is 2.38 bits per heavy atom. The van der Waals surface area contributed by atoms with E-state index in [1.54, 1.807) is 31.6 Å². The fourth-order valence-electron chi connectivity index (χ4n) is 0.943. The summed E-state index contributed by atoms with van der Waals surface area (Å²) in [4.78, 5) is 15.2. The first kappa shape index (κ1) is 12.4. The molecule has 0 aliphatic heterocycles. The van der Waals surface area contributed by atoms with Gasteiger partial charge in [0.05, 0.1) is 25.1 Å². The van der Waals surface area contributed by atoms with Crippen LogP contribution in [0.1, 0.15) is 0 Å². The minimum atomic E-state index is -0.328. The molecule has 0 unspecified atom stereocenters. The van der Waals surface area contributed by atoms with E-state index in [1.807, 2.05) is 0 Å². The summed E-state index contributed by atoms with van der Waals surface area (Å²) in [6.07, 6.45) is 3.20. The van der Waals surface area contributed by atoms with Crippen LogP contribution in [0.15, 0.2) is 24.5 Å². The average molecular weight is 225 g/mol. The molecule has 0 spiro atoms. The van der Waals surface area contributed by atoms with E-state index in [4.69, 9.17) is 9.47 Å². The van der Waals surface area contributed by atoms with Gasteiger partial charge < -0.3 is 20.1 Å². The summed E-state index contributed by atoms with van der Waals surface area (Å²) < 4.78 is 9.85. The van der Waals surface area contributed by atoms with Crippen LogP contribution in [0, 0.1) is 0 Å². The van der Waals surface area contributed by atoms with Crippen molar-refractivity contribution < 1.29 is 14.3 Å². The number of methoxy groups -OCH3 is 1. The molecule has 0 saturated heterocycles. The van der Waals surface area contributed by atoms with Gasteiger partial charge in [0.2, 0.25) is 0 Å². The number of amides is 2. The molecule has 1 aromatic rings. The first-order chi connectivity index (χ1) is 7.83. The van der Waals surface area contributed by atoms with E-state index in [9.17, 15) is 4.79 Å². The summed E-state index contributed by atoms with van der Waals surface area (Å²) in [5, 5.41) is 5.14. The van der Waals surface area contributed by atoms with Crippen molar-refractivity contribution in [3.8, 4) is 0 Å². The molecule has 88 valence electrons. The maximum Gasteiger partial charge on any atom is 0.321 e. The number of urea groups is 1. The van der Waals surface area contributed by atoms with Crippen LogP contribution in [-0.2, 0) is 9.47 Å². The zero-order valence-corrected chi connectivity index (χ0v) is 9.10. The Morgan fingerprint density at radius 1 is 1.50 bits per heavy atom. The van der Waals surface area contributed by atoms with Crippen molar-refractivity contribution in [2.75, 3.05) is 32.4 Å². The molecule has 0 aliphatic carbocycles. The molecule has 6 nitrogen and oxygen atoms in total. The predicted molar refractivity (Wildman–Crippen MR) is 59.1 cm³/mol. The molecule has 0 aromatic carbocycles. The molecule has 0 fully saturated rings. The van der Waals surface area contributed by atoms with Gasteiger partial charge in [-0.1, -0.05) is 0 Å². The van der Waals surface area contributed by atoms with Gasteiger partial charge in [-0.3, -0.25) is 4.98 Å². The lowest BCUT2D eigenvalue weighted by molar-refractivity contribution is 0.0650. The molecule has 2 amide bonds. The Kier molecular flexibility index (Phi) is 5.90. The van der Waals surface area contributed by atoms with Crippen LogP contribution in [0.25, 0.3) is 0 Å². The Labute approximate surface area is 94.0 Å². The highest BCUT2D eigenvalue weighted by atomic mass is 16.5.